The fourth-order valence-electron chi connectivity index (χ4n) is 3.08. The van der Waals surface area contributed by atoms with Crippen molar-refractivity contribution in [3.05, 3.63) is 29.8 Å². The Morgan fingerprint density at radius 1 is 1.33 bits per heavy atom. The number of benzene rings is 1. The van der Waals surface area contributed by atoms with Gasteiger partial charge in [0.05, 0.1) is 13.7 Å². The minimum Gasteiger partial charge on any atom is -0.496 e. The zero-order valence-corrected chi connectivity index (χ0v) is 12.6. The predicted octanol–water partition coefficient (Wildman–Crippen LogP) is 3.10. The van der Waals surface area contributed by atoms with Gasteiger partial charge in [-0.3, -0.25) is 9.59 Å². The molecule has 1 saturated carbocycles. The Bertz CT molecular complexity index is 509. The van der Waals surface area contributed by atoms with Crippen LogP contribution >= 0.6 is 0 Å². The summed E-state index contributed by atoms with van der Waals surface area (Å²) in [5, 5.41) is 0. The first-order chi connectivity index (χ1) is 10.2. The number of hydrogen-bond donors (Lipinski definition) is 0. The molecule has 0 aromatic heterocycles. The minimum atomic E-state index is -0.184. The molecular formula is C17H22O4. The van der Waals surface area contributed by atoms with Crippen molar-refractivity contribution in [2.24, 2.45) is 5.92 Å². The third-order valence-electron chi connectivity index (χ3n) is 4.08. The number of hydrogen-bond acceptors (Lipinski definition) is 4. The summed E-state index contributed by atoms with van der Waals surface area (Å²) in [6, 6.07) is 7.74. The number of Topliss-reactive ketones (excluding diaryl/α,β-unsaturated/α-hetero) is 1. The van der Waals surface area contributed by atoms with Gasteiger partial charge in [-0.05, 0) is 36.8 Å². The molecule has 0 heterocycles. The highest BCUT2D eigenvalue weighted by atomic mass is 16.5. The molecule has 1 aromatic carbocycles. The Kier molecular flexibility index (Phi) is 5.37. The molecule has 1 aliphatic rings. The Balaban J connectivity index is 2.22. The van der Waals surface area contributed by atoms with Gasteiger partial charge < -0.3 is 9.47 Å². The van der Waals surface area contributed by atoms with Crippen molar-refractivity contribution in [2.45, 2.75) is 38.5 Å². The lowest BCUT2D eigenvalue weighted by molar-refractivity contribution is -0.145. The molecule has 4 nitrogen and oxygen atoms in total. The van der Waals surface area contributed by atoms with Gasteiger partial charge in [-0.25, -0.2) is 0 Å². The molecular weight excluding hydrogens is 268 g/mol. The van der Waals surface area contributed by atoms with Crippen molar-refractivity contribution >= 4 is 11.8 Å². The summed E-state index contributed by atoms with van der Waals surface area (Å²) < 4.78 is 10.5. The lowest BCUT2D eigenvalue weighted by Gasteiger charge is -2.31. The maximum atomic E-state index is 11.8. The Labute approximate surface area is 125 Å². The standard InChI is InChI=1S/C17H22O4/c1-3-21-17(19)10-12-8-9-13(18)11-15(12)14-6-4-5-7-16(14)20-2/h4-7,12,15H,3,8-11H2,1-2H3. The number of carbonyl (C=O) groups excluding carboxylic acids is 2. The molecule has 1 aliphatic carbocycles. The van der Waals surface area contributed by atoms with Gasteiger partial charge in [0.25, 0.3) is 0 Å². The second-order valence-electron chi connectivity index (χ2n) is 5.40. The summed E-state index contributed by atoms with van der Waals surface area (Å²) >= 11 is 0. The molecule has 4 heteroatoms. The van der Waals surface area contributed by atoms with Crippen LogP contribution < -0.4 is 4.74 Å². The maximum absolute atomic E-state index is 11.8. The van der Waals surface area contributed by atoms with Crippen molar-refractivity contribution < 1.29 is 19.1 Å². The van der Waals surface area contributed by atoms with Crippen molar-refractivity contribution in [1.82, 2.24) is 0 Å². The van der Waals surface area contributed by atoms with Crippen molar-refractivity contribution in [3.63, 3.8) is 0 Å². The van der Waals surface area contributed by atoms with Crippen LogP contribution in [0.2, 0.25) is 0 Å². The number of ketones is 1. The number of ether oxygens (including phenoxy) is 2. The van der Waals surface area contributed by atoms with Gasteiger partial charge in [-0.1, -0.05) is 18.2 Å². The predicted molar refractivity (Wildman–Crippen MR) is 79.3 cm³/mol. The van der Waals surface area contributed by atoms with Crippen molar-refractivity contribution in [1.29, 1.82) is 0 Å². The smallest absolute Gasteiger partial charge is 0.306 e. The van der Waals surface area contributed by atoms with E-state index in [0.29, 0.717) is 25.9 Å². The molecule has 2 rings (SSSR count). The summed E-state index contributed by atoms with van der Waals surface area (Å²) in [7, 11) is 1.63. The molecule has 0 bridgehead atoms. The summed E-state index contributed by atoms with van der Waals surface area (Å²) in [6.07, 6.45) is 2.13. The van der Waals surface area contributed by atoms with E-state index in [4.69, 9.17) is 9.47 Å². The number of para-hydroxylation sites is 1. The highest BCUT2D eigenvalue weighted by molar-refractivity contribution is 5.81. The Hall–Kier alpha value is -1.84. The molecule has 0 amide bonds. The molecule has 21 heavy (non-hydrogen) atoms. The first-order valence-electron chi connectivity index (χ1n) is 7.46. The van der Waals surface area contributed by atoms with Crippen LogP contribution in [0.15, 0.2) is 24.3 Å². The van der Waals surface area contributed by atoms with Crippen LogP contribution in [0.3, 0.4) is 0 Å². The second kappa shape index (κ2) is 7.25. The van der Waals surface area contributed by atoms with Crippen LogP contribution in [0.1, 0.15) is 44.1 Å². The van der Waals surface area contributed by atoms with E-state index in [1.165, 1.54) is 0 Å². The maximum Gasteiger partial charge on any atom is 0.306 e. The summed E-state index contributed by atoms with van der Waals surface area (Å²) in [4.78, 5) is 23.6. The molecule has 2 unspecified atom stereocenters. The third-order valence-corrected chi connectivity index (χ3v) is 4.08. The number of methoxy groups -OCH3 is 1. The van der Waals surface area contributed by atoms with Crippen LogP contribution in [0.25, 0.3) is 0 Å². The van der Waals surface area contributed by atoms with Gasteiger partial charge in [0, 0.05) is 19.3 Å². The van der Waals surface area contributed by atoms with E-state index in [9.17, 15) is 9.59 Å². The average molecular weight is 290 g/mol. The first-order valence-corrected chi connectivity index (χ1v) is 7.46. The summed E-state index contributed by atoms with van der Waals surface area (Å²) in [5.41, 5.74) is 1.02. The van der Waals surface area contributed by atoms with E-state index in [1.54, 1.807) is 14.0 Å². The average Bonchev–Trinajstić information content (AvgIpc) is 2.49. The van der Waals surface area contributed by atoms with Crippen LogP contribution in [-0.2, 0) is 14.3 Å². The molecule has 0 aliphatic heterocycles. The molecule has 114 valence electrons. The van der Waals surface area contributed by atoms with Crippen molar-refractivity contribution in [2.75, 3.05) is 13.7 Å². The molecule has 0 saturated heterocycles. The van der Waals surface area contributed by atoms with E-state index in [1.807, 2.05) is 24.3 Å². The van der Waals surface area contributed by atoms with Crippen LogP contribution in [0.5, 0.6) is 5.75 Å². The monoisotopic (exact) mass is 290 g/mol. The fourth-order valence-corrected chi connectivity index (χ4v) is 3.08. The largest absolute Gasteiger partial charge is 0.496 e. The molecule has 0 N–H and O–H groups in total. The zero-order valence-electron chi connectivity index (χ0n) is 12.6. The Morgan fingerprint density at radius 3 is 2.81 bits per heavy atom. The molecule has 0 radical (unpaired) electrons. The highest BCUT2D eigenvalue weighted by Crippen LogP contribution is 2.41. The summed E-state index contributed by atoms with van der Waals surface area (Å²) in [5.74, 6) is 1.03. The number of esters is 1. The van der Waals surface area contributed by atoms with E-state index in [-0.39, 0.29) is 23.6 Å². The van der Waals surface area contributed by atoms with Gasteiger partial charge in [0.1, 0.15) is 11.5 Å². The van der Waals surface area contributed by atoms with E-state index in [0.717, 1.165) is 17.7 Å². The Morgan fingerprint density at radius 2 is 2.10 bits per heavy atom. The number of rotatable bonds is 5. The SMILES string of the molecule is CCOC(=O)CC1CCC(=O)CC1c1ccccc1OC. The molecule has 2 atom stereocenters. The number of carbonyl (C=O) groups is 2. The second-order valence-corrected chi connectivity index (χ2v) is 5.40. The molecule has 0 spiro atoms. The molecule has 1 fully saturated rings. The van der Waals surface area contributed by atoms with Gasteiger partial charge in [-0.2, -0.15) is 0 Å². The fraction of sp³-hybridized carbons (Fsp3) is 0.529. The van der Waals surface area contributed by atoms with Crippen LogP contribution in [0.4, 0.5) is 0 Å². The van der Waals surface area contributed by atoms with E-state index >= 15 is 0 Å². The van der Waals surface area contributed by atoms with Gasteiger partial charge in [0.15, 0.2) is 0 Å². The quantitative estimate of drug-likeness (QED) is 0.782. The van der Waals surface area contributed by atoms with Gasteiger partial charge in [-0.15, -0.1) is 0 Å². The van der Waals surface area contributed by atoms with Gasteiger partial charge >= 0.3 is 5.97 Å². The minimum absolute atomic E-state index is 0.0341. The normalized spacial score (nSPS) is 21.9. The lowest BCUT2D eigenvalue weighted by atomic mass is 9.73. The van der Waals surface area contributed by atoms with E-state index in [2.05, 4.69) is 0 Å². The molecule has 1 aromatic rings. The van der Waals surface area contributed by atoms with Crippen molar-refractivity contribution in [3.8, 4) is 5.75 Å². The van der Waals surface area contributed by atoms with Crippen LogP contribution in [0, 0.1) is 5.92 Å². The first kappa shape index (κ1) is 15.5. The topological polar surface area (TPSA) is 52.6 Å². The van der Waals surface area contributed by atoms with Gasteiger partial charge in [0.2, 0.25) is 0 Å². The lowest BCUT2D eigenvalue weighted by Crippen LogP contribution is -2.26. The van der Waals surface area contributed by atoms with E-state index < -0.39 is 0 Å². The summed E-state index contributed by atoms with van der Waals surface area (Å²) in [6.45, 7) is 2.20. The zero-order chi connectivity index (χ0) is 15.2. The third kappa shape index (κ3) is 3.84. The van der Waals surface area contributed by atoms with Crippen LogP contribution in [-0.4, -0.2) is 25.5 Å². The highest BCUT2D eigenvalue weighted by Gasteiger charge is 2.33.